The fourth-order valence-corrected chi connectivity index (χ4v) is 5.34. The van der Waals surface area contributed by atoms with Crippen molar-refractivity contribution in [2.75, 3.05) is 21.2 Å². The third kappa shape index (κ3) is 4.13. The minimum Gasteiger partial charge on any atom is -0.325 e. The molecule has 166 valence electrons. The quantitative estimate of drug-likeness (QED) is 0.609. The van der Waals surface area contributed by atoms with Gasteiger partial charge < -0.3 is 4.90 Å². The zero-order valence-corrected chi connectivity index (χ0v) is 19.2. The van der Waals surface area contributed by atoms with Crippen LogP contribution in [0.25, 0.3) is 0 Å². The molecule has 31 heavy (non-hydrogen) atoms. The maximum absolute atomic E-state index is 13.5. The Labute approximate surface area is 187 Å². The van der Waals surface area contributed by atoms with Crippen molar-refractivity contribution < 1.29 is 22.8 Å². The van der Waals surface area contributed by atoms with Crippen molar-refractivity contribution in [2.45, 2.75) is 36.1 Å². The lowest BCUT2D eigenvalue weighted by molar-refractivity contribution is -0.132. The summed E-state index contributed by atoms with van der Waals surface area (Å²) in [5.74, 6) is -0.544. The van der Waals surface area contributed by atoms with E-state index in [1.165, 1.54) is 43.3 Å². The molecule has 1 atom stereocenters. The highest BCUT2D eigenvalue weighted by atomic mass is 35.5. The number of hydrogen-bond acceptors (Lipinski definition) is 5. The average molecular weight is 465 g/mol. The van der Waals surface area contributed by atoms with Crippen LogP contribution in [0.1, 0.15) is 41.6 Å². The number of benzene rings is 2. The lowest BCUT2D eigenvalue weighted by Gasteiger charge is -2.44. The second-order valence-electron chi connectivity index (χ2n) is 7.46. The molecule has 0 N–H and O–H groups in total. The Morgan fingerprint density at radius 1 is 1.10 bits per heavy atom. The van der Waals surface area contributed by atoms with E-state index in [0.717, 1.165) is 17.3 Å². The maximum Gasteiger partial charge on any atom is 0.264 e. The minimum atomic E-state index is -3.93. The molecule has 7 nitrogen and oxygen atoms in total. The van der Waals surface area contributed by atoms with Crippen molar-refractivity contribution in [2.24, 2.45) is 0 Å². The third-order valence-corrected chi connectivity index (χ3v) is 7.83. The number of likely N-dealkylation sites (N-methyl/N-ethyl adjacent to an activating group) is 1. The number of carbonyl (C=O) groups excluding carboxylic acids is 2. The number of ketones is 1. The lowest BCUT2D eigenvalue weighted by Crippen LogP contribution is -2.54. The SMILES string of the molecule is CON(C)S(=O)(=O)c1cccc(C(=O)N(C)C2(c3ccccc3Cl)CCCCC2=O)c1. The molecule has 2 aromatic carbocycles. The standard InChI is InChI=1S/C22H25ClN2O5S/c1-24(21(27)16-9-8-10-17(15-16)31(28,29)25(2)30-3)22(14-7-6-13-20(22)26)18-11-4-5-12-19(18)23/h4-5,8-12,15H,6-7,13-14H2,1-3H3. The van der Waals surface area contributed by atoms with Crippen LogP contribution in [0.3, 0.4) is 0 Å². The Morgan fingerprint density at radius 3 is 2.45 bits per heavy atom. The monoisotopic (exact) mass is 464 g/mol. The van der Waals surface area contributed by atoms with Gasteiger partial charge in [0.15, 0.2) is 5.78 Å². The van der Waals surface area contributed by atoms with Gasteiger partial charge >= 0.3 is 0 Å². The summed E-state index contributed by atoms with van der Waals surface area (Å²) >= 11 is 6.45. The summed E-state index contributed by atoms with van der Waals surface area (Å²) in [6, 6.07) is 12.7. The van der Waals surface area contributed by atoms with E-state index in [1.54, 1.807) is 31.3 Å². The number of halogens is 1. The molecule has 1 fully saturated rings. The van der Waals surface area contributed by atoms with Crippen molar-refractivity contribution in [3.8, 4) is 0 Å². The topological polar surface area (TPSA) is 84.0 Å². The van der Waals surface area contributed by atoms with Gasteiger partial charge in [-0.15, -0.1) is 0 Å². The molecule has 0 bridgehead atoms. The number of sulfonamides is 1. The molecule has 3 rings (SSSR count). The first kappa shape index (κ1) is 23.4. The first-order chi connectivity index (χ1) is 14.7. The Morgan fingerprint density at radius 2 is 1.81 bits per heavy atom. The molecule has 1 unspecified atom stereocenters. The minimum absolute atomic E-state index is 0.0782. The molecule has 0 radical (unpaired) electrons. The lowest BCUT2D eigenvalue weighted by atomic mass is 9.74. The van der Waals surface area contributed by atoms with Crippen LogP contribution in [0.5, 0.6) is 0 Å². The number of Topliss-reactive ketones (excluding diaryl/α,β-unsaturated/α-hetero) is 1. The second kappa shape index (κ2) is 9.08. The van der Waals surface area contributed by atoms with Crippen molar-refractivity contribution in [3.63, 3.8) is 0 Å². The fourth-order valence-electron chi connectivity index (χ4n) is 4.03. The highest BCUT2D eigenvalue weighted by molar-refractivity contribution is 7.89. The van der Waals surface area contributed by atoms with Crippen LogP contribution in [-0.4, -0.2) is 50.7 Å². The van der Waals surface area contributed by atoms with E-state index in [-0.39, 0.29) is 16.2 Å². The van der Waals surface area contributed by atoms with Crippen molar-refractivity contribution in [1.82, 2.24) is 9.37 Å². The van der Waals surface area contributed by atoms with Gasteiger partial charge in [-0.1, -0.05) is 40.3 Å². The van der Waals surface area contributed by atoms with Gasteiger partial charge in [0.05, 0.1) is 12.0 Å². The first-order valence-electron chi connectivity index (χ1n) is 9.86. The first-order valence-corrected chi connectivity index (χ1v) is 11.7. The Balaban J connectivity index is 2.07. The normalized spacial score (nSPS) is 19.5. The average Bonchev–Trinajstić information content (AvgIpc) is 2.78. The number of amides is 1. The predicted molar refractivity (Wildman–Crippen MR) is 117 cm³/mol. The van der Waals surface area contributed by atoms with Gasteiger partial charge in [0.1, 0.15) is 5.54 Å². The van der Waals surface area contributed by atoms with E-state index in [2.05, 4.69) is 0 Å². The molecule has 0 heterocycles. The molecular formula is C22H25ClN2O5S. The van der Waals surface area contributed by atoms with Gasteiger partial charge in [0, 0.05) is 36.7 Å². The van der Waals surface area contributed by atoms with Gasteiger partial charge in [-0.25, -0.2) is 8.42 Å². The highest BCUT2D eigenvalue weighted by Gasteiger charge is 2.48. The van der Waals surface area contributed by atoms with Crippen LogP contribution in [-0.2, 0) is 25.2 Å². The molecule has 2 aromatic rings. The molecule has 9 heteroatoms. The molecule has 1 aliphatic rings. The summed E-state index contributed by atoms with van der Waals surface area (Å²) in [6.07, 6.45) is 2.31. The number of hydroxylamine groups is 1. The number of carbonyl (C=O) groups is 2. The molecule has 0 aromatic heterocycles. The Kier molecular flexibility index (Phi) is 6.85. The van der Waals surface area contributed by atoms with E-state index in [9.17, 15) is 18.0 Å². The third-order valence-electron chi connectivity index (χ3n) is 5.82. The van der Waals surface area contributed by atoms with Crippen molar-refractivity contribution in [3.05, 3.63) is 64.7 Å². The number of rotatable bonds is 6. The smallest absolute Gasteiger partial charge is 0.264 e. The van der Waals surface area contributed by atoms with Crippen LogP contribution in [0.4, 0.5) is 0 Å². The van der Waals surface area contributed by atoms with Gasteiger partial charge in [-0.05, 0) is 43.5 Å². The van der Waals surface area contributed by atoms with Crippen LogP contribution in [0.15, 0.2) is 53.4 Å². The maximum atomic E-state index is 13.5. The van der Waals surface area contributed by atoms with E-state index in [4.69, 9.17) is 16.4 Å². The molecular weight excluding hydrogens is 440 g/mol. The highest BCUT2D eigenvalue weighted by Crippen LogP contribution is 2.42. The summed E-state index contributed by atoms with van der Waals surface area (Å²) in [4.78, 5) is 32.8. The number of hydrogen-bond donors (Lipinski definition) is 0. The van der Waals surface area contributed by atoms with E-state index in [0.29, 0.717) is 23.4 Å². The van der Waals surface area contributed by atoms with Crippen LogP contribution < -0.4 is 0 Å². The summed E-state index contributed by atoms with van der Waals surface area (Å²) in [6.45, 7) is 0. The van der Waals surface area contributed by atoms with Crippen LogP contribution >= 0.6 is 11.6 Å². The molecule has 1 saturated carbocycles. The molecule has 0 aliphatic heterocycles. The second-order valence-corrected chi connectivity index (χ2v) is 9.80. The number of nitrogens with zero attached hydrogens (tertiary/aromatic N) is 2. The van der Waals surface area contributed by atoms with Gasteiger partial charge in [-0.3, -0.25) is 14.4 Å². The van der Waals surface area contributed by atoms with Crippen LogP contribution in [0, 0.1) is 0 Å². The van der Waals surface area contributed by atoms with E-state index < -0.39 is 21.5 Å². The Bertz CT molecular complexity index is 1100. The van der Waals surface area contributed by atoms with Gasteiger partial charge in [0.25, 0.3) is 15.9 Å². The van der Waals surface area contributed by atoms with Crippen molar-refractivity contribution >= 4 is 33.3 Å². The fraction of sp³-hybridized carbons (Fsp3) is 0.364. The van der Waals surface area contributed by atoms with Crippen LogP contribution in [0.2, 0.25) is 5.02 Å². The summed E-state index contributed by atoms with van der Waals surface area (Å²) in [5, 5.41) is 0.412. The largest absolute Gasteiger partial charge is 0.325 e. The summed E-state index contributed by atoms with van der Waals surface area (Å²) in [5.41, 5.74) is -0.468. The Hall–Kier alpha value is -2.26. The van der Waals surface area contributed by atoms with Gasteiger partial charge in [-0.2, -0.15) is 0 Å². The predicted octanol–water partition coefficient (Wildman–Crippen LogP) is 3.63. The van der Waals surface area contributed by atoms with Gasteiger partial charge in [0.2, 0.25) is 0 Å². The molecule has 0 spiro atoms. The van der Waals surface area contributed by atoms with E-state index >= 15 is 0 Å². The zero-order valence-electron chi connectivity index (χ0n) is 17.7. The summed E-state index contributed by atoms with van der Waals surface area (Å²) < 4.78 is 25.9. The van der Waals surface area contributed by atoms with Crippen molar-refractivity contribution in [1.29, 1.82) is 0 Å². The zero-order chi connectivity index (χ0) is 22.8. The molecule has 1 amide bonds. The molecule has 1 aliphatic carbocycles. The molecule has 0 saturated heterocycles. The van der Waals surface area contributed by atoms with E-state index in [1.807, 2.05) is 0 Å². The summed E-state index contributed by atoms with van der Waals surface area (Å²) in [7, 11) is 0.144.